The molecule has 0 bridgehead atoms. The standard InChI is InChI=1S/C4H9O2S/c1-4(2,3)7(5)6/h1-3H3. The van der Waals surface area contributed by atoms with Crippen LogP contribution >= 0.6 is 0 Å². The predicted octanol–water partition coefficient (Wildman–Crippen LogP) is 0.879. The first-order valence-corrected chi connectivity index (χ1v) is 3.11. The van der Waals surface area contributed by atoms with E-state index in [1.807, 2.05) is 0 Å². The molecule has 7 heavy (non-hydrogen) atoms. The summed E-state index contributed by atoms with van der Waals surface area (Å²) >= 11 is -1.93. The number of rotatable bonds is 0. The van der Waals surface area contributed by atoms with E-state index in [-0.39, 0.29) is 0 Å². The molecule has 0 aromatic rings. The molecule has 0 saturated heterocycles. The summed E-state index contributed by atoms with van der Waals surface area (Å²) < 4.78 is 19.5. The van der Waals surface area contributed by atoms with Crippen molar-refractivity contribution >= 4 is 11.1 Å². The molecule has 1 radical (unpaired) electrons. The lowest BCUT2D eigenvalue weighted by Crippen LogP contribution is -2.19. The molecule has 43 valence electrons. The zero-order valence-corrected chi connectivity index (χ0v) is 5.54. The van der Waals surface area contributed by atoms with Crippen molar-refractivity contribution in [3.63, 3.8) is 0 Å². The van der Waals surface area contributed by atoms with E-state index in [9.17, 15) is 8.76 Å². The molecule has 0 aliphatic carbocycles. The molecule has 1 unspecified atom stereocenters. The third kappa shape index (κ3) is 2.76. The van der Waals surface area contributed by atoms with Crippen LogP contribution in [0.4, 0.5) is 0 Å². The molecule has 0 heterocycles. The molecule has 0 aromatic carbocycles. The molecule has 0 spiro atoms. The molecule has 0 aromatic heterocycles. The van der Waals surface area contributed by atoms with Crippen molar-refractivity contribution in [2.75, 3.05) is 0 Å². The first-order valence-electron chi connectivity index (χ1n) is 2.04. The highest BCUT2D eigenvalue weighted by Crippen LogP contribution is 2.07. The summed E-state index contributed by atoms with van der Waals surface area (Å²) in [6, 6.07) is 0. The Kier molecular flexibility index (Phi) is 1.95. The molecule has 3 heteroatoms. The van der Waals surface area contributed by atoms with E-state index in [1.165, 1.54) is 0 Å². The van der Waals surface area contributed by atoms with Gasteiger partial charge in [0, 0.05) is 0 Å². The van der Waals surface area contributed by atoms with E-state index in [2.05, 4.69) is 0 Å². The molecule has 0 saturated carbocycles. The largest absolute Gasteiger partial charge is 0.226 e. The van der Waals surface area contributed by atoms with Gasteiger partial charge in [0.2, 0.25) is 0 Å². The van der Waals surface area contributed by atoms with Gasteiger partial charge in [-0.2, -0.15) is 0 Å². The quantitative estimate of drug-likeness (QED) is 0.468. The van der Waals surface area contributed by atoms with Crippen LogP contribution in [0, 0.1) is 0 Å². The number of hydrogen-bond donors (Lipinski definition) is 0. The Balaban J connectivity index is 3.79. The molecule has 0 aliphatic rings. The SMILES string of the molecule is CC(C)(C)S([O])=O. The minimum absolute atomic E-state index is 0.583. The van der Waals surface area contributed by atoms with Gasteiger partial charge in [-0.3, -0.25) is 0 Å². The van der Waals surface area contributed by atoms with Gasteiger partial charge in [-0.1, -0.05) is 0 Å². The van der Waals surface area contributed by atoms with Crippen molar-refractivity contribution in [2.45, 2.75) is 25.5 Å². The Bertz CT molecular complexity index is 82.2. The van der Waals surface area contributed by atoms with Gasteiger partial charge in [0.25, 0.3) is 0 Å². The topological polar surface area (TPSA) is 37.0 Å². The second-order valence-electron chi connectivity index (χ2n) is 2.35. The van der Waals surface area contributed by atoms with Crippen molar-refractivity contribution in [2.24, 2.45) is 0 Å². The first-order chi connectivity index (χ1) is 2.94. The normalized spacial score (nSPS) is 16.6. The number of hydrogen-bond acceptors (Lipinski definition) is 1. The summed E-state index contributed by atoms with van der Waals surface area (Å²) in [5.74, 6) is 0. The fraction of sp³-hybridized carbons (Fsp3) is 1.00. The van der Waals surface area contributed by atoms with Crippen molar-refractivity contribution in [1.29, 1.82) is 0 Å². The molecule has 0 N–H and O–H groups in total. The highest BCUT2D eigenvalue weighted by atomic mass is 32.2. The van der Waals surface area contributed by atoms with E-state index >= 15 is 0 Å². The van der Waals surface area contributed by atoms with E-state index < -0.39 is 15.8 Å². The van der Waals surface area contributed by atoms with Crippen LogP contribution in [0.1, 0.15) is 20.8 Å². The minimum atomic E-state index is -1.93. The molecule has 0 fully saturated rings. The fourth-order valence-electron chi connectivity index (χ4n) is 0. The lowest BCUT2D eigenvalue weighted by atomic mass is 10.3. The maximum absolute atomic E-state index is 10.0. The average molecular weight is 121 g/mol. The van der Waals surface area contributed by atoms with Crippen molar-refractivity contribution < 1.29 is 8.76 Å². The van der Waals surface area contributed by atoms with Gasteiger partial charge in [-0.05, 0) is 20.8 Å². The van der Waals surface area contributed by atoms with Gasteiger partial charge in [0.15, 0.2) is 11.1 Å². The Hall–Kier alpha value is 0.110. The summed E-state index contributed by atoms with van der Waals surface area (Å²) in [4.78, 5) is 0. The molecular formula is C4H9O2S. The zero-order valence-electron chi connectivity index (χ0n) is 4.72. The summed E-state index contributed by atoms with van der Waals surface area (Å²) in [7, 11) is 0. The van der Waals surface area contributed by atoms with Crippen LogP contribution in [-0.2, 0) is 15.6 Å². The van der Waals surface area contributed by atoms with E-state index in [0.717, 1.165) is 0 Å². The van der Waals surface area contributed by atoms with Crippen LogP contribution < -0.4 is 0 Å². The van der Waals surface area contributed by atoms with Gasteiger partial charge in [-0.25, -0.2) is 4.21 Å². The van der Waals surface area contributed by atoms with Gasteiger partial charge in [0.1, 0.15) is 0 Å². The van der Waals surface area contributed by atoms with Crippen LogP contribution in [0.15, 0.2) is 0 Å². The highest BCUT2D eigenvalue weighted by Gasteiger charge is 2.17. The lowest BCUT2D eigenvalue weighted by Gasteiger charge is -2.08. The smallest absolute Gasteiger partial charge is 0.194 e. The monoisotopic (exact) mass is 121 g/mol. The Morgan fingerprint density at radius 1 is 1.29 bits per heavy atom. The Morgan fingerprint density at radius 3 is 1.43 bits per heavy atom. The summed E-state index contributed by atoms with van der Waals surface area (Å²) in [6.07, 6.45) is 0. The van der Waals surface area contributed by atoms with Crippen LogP contribution in [0.5, 0.6) is 0 Å². The lowest BCUT2D eigenvalue weighted by molar-refractivity contribution is 0.448. The van der Waals surface area contributed by atoms with Gasteiger partial charge >= 0.3 is 0 Å². The molecular weight excluding hydrogens is 112 g/mol. The third-order valence-corrected chi connectivity index (χ3v) is 1.50. The van der Waals surface area contributed by atoms with Crippen LogP contribution in [-0.4, -0.2) is 8.96 Å². The predicted molar refractivity (Wildman–Crippen MR) is 28.6 cm³/mol. The van der Waals surface area contributed by atoms with E-state index in [1.54, 1.807) is 20.8 Å². The van der Waals surface area contributed by atoms with Crippen molar-refractivity contribution in [3.8, 4) is 0 Å². The zero-order chi connectivity index (χ0) is 6.08. The molecule has 1 atom stereocenters. The molecule has 0 amide bonds. The molecule has 2 nitrogen and oxygen atoms in total. The molecule has 0 rings (SSSR count). The highest BCUT2D eigenvalue weighted by molar-refractivity contribution is 7.80. The van der Waals surface area contributed by atoms with Crippen molar-refractivity contribution in [3.05, 3.63) is 0 Å². The second-order valence-corrected chi connectivity index (χ2v) is 4.04. The first kappa shape index (κ1) is 7.11. The van der Waals surface area contributed by atoms with Crippen molar-refractivity contribution in [1.82, 2.24) is 0 Å². The Labute approximate surface area is 46.2 Å². The summed E-state index contributed by atoms with van der Waals surface area (Å²) in [5.41, 5.74) is 0. The van der Waals surface area contributed by atoms with Gasteiger partial charge in [0.05, 0.1) is 4.75 Å². The fourth-order valence-corrected chi connectivity index (χ4v) is 0. The average Bonchev–Trinajstić information content (AvgIpc) is 1.31. The maximum atomic E-state index is 10.0. The van der Waals surface area contributed by atoms with E-state index in [4.69, 9.17) is 0 Å². The van der Waals surface area contributed by atoms with Crippen LogP contribution in [0.25, 0.3) is 0 Å². The van der Waals surface area contributed by atoms with Gasteiger partial charge in [-0.15, -0.1) is 4.55 Å². The summed E-state index contributed by atoms with van der Waals surface area (Å²) in [5, 5.41) is 0. The van der Waals surface area contributed by atoms with Crippen LogP contribution in [0.2, 0.25) is 0 Å². The maximum Gasteiger partial charge on any atom is 0.194 e. The minimum Gasteiger partial charge on any atom is -0.226 e. The Morgan fingerprint density at radius 2 is 1.43 bits per heavy atom. The second kappa shape index (κ2) is 1.92. The molecule has 0 aliphatic heterocycles. The van der Waals surface area contributed by atoms with E-state index in [0.29, 0.717) is 0 Å². The summed E-state index contributed by atoms with van der Waals surface area (Å²) in [6.45, 7) is 4.95. The third-order valence-electron chi connectivity index (χ3n) is 0.500. The van der Waals surface area contributed by atoms with Crippen LogP contribution in [0.3, 0.4) is 0 Å². The van der Waals surface area contributed by atoms with Gasteiger partial charge < -0.3 is 0 Å².